The van der Waals surface area contributed by atoms with Crippen LogP contribution in [0.25, 0.3) is 11.0 Å². The number of hydrogen-bond acceptors (Lipinski definition) is 5. The van der Waals surface area contributed by atoms with Crippen molar-refractivity contribution in [2.45, 2.75) is 26.9 Å². The molecule has 0 aliphatic heterocycles. The van der Waals surface area contributed by atoms with E-state index < -0.39 is 11.6 Å². The molecule has 0 aliphatic carbocycles. The molecule has 0 aliphatic rings. The summed E-state index contributed by atoms with van der Waals surface area (Å²) in [5.74, 6) is 0.171. The Morgan fingerprint density at radius 3 is 2.44 bits per heavy atom. The summed E-state index contributed by atoms with van der Waals surface area (Å²) in [5, 5.41) is 0.780. The van der Waals surface area contributed by atoms with E-state index in [4.69, 9.17) is 9.15 Å². The number of carbonyl (C=O) groups excluding carboxylic acids is 1. The molecule has 140 valence electrons. The molecule has 0 bridgehead atoms. The minimum absolute atomic E-state index is 0.110. The van der Waals surface area contributed by atoms with Crippen LogP contribution >= 0.6 is 15.9 Å². The Kier molecular flexibility index (Phi) is 5.65. The summed E-state index contributed by atoms with van der Waals surface area (Å²) in [6.07, 6.45) is -0.110. The zero-order valence-corrected chi connectivity index (χ0v) is 16.9. The lowest BCUT2D eigenvalue weighted by atomic mass is 10.0. The molecule has 6 heteroatoms. The van der Waals surface area contributed by atoms with Crippen LogP contribution in [0.15, 0.2) is 50.1 Å². The largest absolute Gasteiger partial charge is 0.488 e. The Morgan fingerprint density at radius 2 is 1.78 bits per heavy atom. The number of halogens is 1. The van der Waals surface area contributed by atoms with E-state index in [2.05, 4.69) is 20.7 Å². The number of esters is 1. The first-order chi connectivity index (χ1) is 12.9. The topological polar surface area (TPSA) is 65.7 Å². The number of methoxy groups -OCH3 is 1. The molecule has 0 atom stereocenters. The highest BCUT2D eigenvalue weighted by Crippen LogP contribution is 2.30. The van der Waals surface area contributed by atoms with Gasteiger partial charge in [-0.05, 0) is 49.2 Å². The Hall–Kier alpha value is -2.60. The van der Waals surface area contributed by atoms with E-state index in [9.17, 15) is 9.59 Å². The summed E-state index contributed by atoms with van der Waals surface area (Å²) in [7, 11) is 1.29. The van der Waals surface area contributed by atoms with Crippen molar-refractivity contribution in [2.75, 3.05) is 7.11 Å². The van der Waals surface area contributed by atoms with Gasteiger partial charge < -0.3 is 13.9 Å². The van der Waals surface area contributed by atoms with Gasteiger partial charge in [0.25, 0.3) is 0 Å². The van der Waals surface area contributed by atoms with Crippen LogP contribution in [0.3, 0.4) is 0 Å². The normalized spacial score (nSPS) is 10.8. The molecule has 1 aromatic heterocycles. The van der Waals surface area contributed by atoms with Gasteiger partial charge in [0.05, 0.1) is 19.1 Å². The molecule has 27 heavy (non-hydrogen) atoms. The van der Waals surface area contributed by atoms with Gasteiger partial charge in [-0.2, -0.15) is 0 Å². The molecule has 2 aromatic carbocycles. The number of fused-ring (bicyclic) bond motifs is 1. The molecule has 0 spiro atoms. The van der Waals surface area contributed by atoms with Crippen molar-refractivity contribution in [1.29, 1.82) is 0 Å². The smallest absolute Gasteiger partial charge is 0.340 e. The summed E-state index contributed by atoms with van der Waals surface area (Å²) < 4.78 is 17.1. The van der Waals surface area contributed by atoms with Crippen LogP contribution in [0, 0.1) is 13.8 Å². The maximum absolute atomic E-state index is 12.4. The van der Waals surface area contributed by atoms with Gasteiger partial charge in [0.1, 0.15) is 17.9 Å². The van der Waals surface area contributed by atoms with Crippen molar-refractivity contribution in [3.05, 3.63) is 73.5 Å². The lowest BCUT2D eigenvalue weighted by Gasteiger charge is -2.13. The summed E-state index contributed by atoms with van der Waals surface area (Å²) in [6.45, 7) is 4.06. The molecule has 1 heterocycles. The first-order valence-electron chi connectivity index (χ1n) is 8.40. The summed E-state index contributed by atoms with van der Waals surface area (Å²) in [4.78, 5) is 23.9. The molecule has 0 radical (unpaired) electrons. The molecule has 3 aromatic rings. The van der Waals surface area contributed by atoms with Crippen molar-refractivity contribution >= 4 is 32.9 Å². The van der Waals surface area contributed by atoms with Crippen LogP contribution in [0.5, 0.6) is 5.75 Å². The van der Waals surface area contributed by atoms with Crippen molar-refractivity contribution in [1.82, 2.24) is 0 Å². The molecular formula is C21H19BrO5. The number of benzene rings is 2. The second-order valence-electron chi connectivity index (χ2n) is 6.23. The van der Waals surface area contributed by atoms with E-state index >= 15 is 0 Å². The van der Waals surface area contributed by atoms with Crippen LogP contribution < -0.4 is 10.4 Å². The third kappa shape index (κ3) is 4.06. The van der Waals surface area contributed by atoms with Gasteiger partial charge in [-0.3, -0.25) is 4.79 Å². The monoisotopic (exact) mass is 430 g/mol. The minimum atomic E-state index is -0.529. The number of carbonyl (C=O) groups is 1. The Labute approximate surface area is 165 Å². The Morgan fingerprint density at radius 1 is 1.07 bits per heavy atom. The lowest BCUT2D eigenvalue weighted by molar-refractivity contribution is -0.139. The fourth-order valence-corrected chi connectivity index (χ4v) is 3.15. The Balaban J connectivity index is 1.94. The maximum Gasteiger partial charge on any atom is 0.340 e. The van der Waals surface area contributed by atoms with Gasteiger partial charge in [-0.25, -0.2) is 4.79 Å². The molecular weight excluding hydrogens is 412 g/mol. The number of hydrogen-bond donors (Lipinski definition) is 0. The van der Waals surface area contributed by atoms with Crippen molar-refractivity contribution < 1.29 is 18.7 Å². The third-order valence-electron chi connectivity index (χ3n) is 4.51. The first-order valence-corrected chi connectivity index (χ1v) is 9.20. The summed E-state index contributed by atoms with van der Waals surface area (Å²) in [5.41, 5.74) is 2.75. The van der Waals surface area contributed by atoms with Gasteiger partial charge >= 0.3 is 11.6 Å². The molecule has 0 N–H and O–H groups in total. The predicted octanol–water partition coefficient (Wildman–Crippen LogP) is 4.47. The van der Waals surface area contributed by atoms with Gasteiger partial charge in [-0.15, -0.1) is 0 Å². The Bertz CT molecular complexity index is 1050. The molecule has 0 fully saturated rings. The van der Waals surface area contributed by atoms with Gasteiger partial charge in [-0.1, -0.05) is 28.1 Å². The summed E-state index contributed by atoms with van der Waals surface area (Å²) in [6, 6.07) is 11.6. The highest BCUT2D eigenvalue weighted by molar-refractivity contribution is 9.10. The van der Waals surface area contributed by atoms with Gasteiger partial charge in [0.15, 0.2) is 0 Å². The van der Waals surface area contributed by atoms with Crippen LogP contribution in [-0.4, -0.2) is 13.1 Å². The van der Waals surface area contributed by atoms with E-state index in [-0.39, 0.29) is 6.42 Å². The fourth-order valence-electron chi connectivity index (χ4n) is 2.89. The van der Waals surface area contributed by atoms with E-state index in [1.54, 1.807) is 6.92 Å². The maximum atomic E-state index is 12.4. The van der Waals surface area contributed by atoms with Crippen molar-refractivity contribution in [2.24, 2.45) is 0 Å². The number of ether oxygens (including phenoxy) is 2. The van der Waals surface area contributed by atoms with Crippen molar-refractivity contribution in [3.8, 4) is 5.75 Å². The first kappa shape index (κ1) is 19.2. The predicted molar refractivity (Wildman–Crippen MR) is 106 cm³/mol. The van der Waals surface area contributed by atoms with Crippen LogP contribution in [0.4, 0.5) is 0 Å². The number of rotatable bonds is 5. The second-order valence-corrected chi connectivity index (χ2v) is 7.14. The highest BCUT2D eigenvalue weighted by Gasteiger charge is 2.17. The molecule has 0 saturated heterocycles. The zero-order valence-electron chi connectivity index (χ0n) is 15.3. The second kappa shape index (κ2) is 7.96. The molecule has 5 nitrogen and oxygen atoms in total. The lowest BCUT2D eigenvalue weighted by Crippen LogP contribution is -2.16. The van der Waals surface area contributed by atoms with E-state index in [1.807, 2.05) is 43.3 Å². The fraction of sp³-hybridized carbons (Fsp3) is 0.238. The van der Waals surface area contributed by atoms with E-state index in [1.165, 1.54) is 7.11 Å². The van der Waals surface area contributed by atoms with Gasteiger partial charge in [0.2, 0.25) is 0 Å². The van der Waals surface area contributed by atoms with Crippen LogP contribution in [0.1, 0.15) is 22.3 Å². The minimum Gasteiger partial charge on any atom is -0.488 e. The molecule has 3 rings (SSSR count). The highest BCUT2D eigenvalue weighted by atomic mass is 79.9. The standard InChI is InChI=1S/C21H19BrO5/c1-12-16-8-9-18(26-11-14-4-6-15(22)7-5-14)13(2)20(16)27-21(24)17(12)10-19(23)25-3/h4-9H,10-11H2,1-3H3. The molecule has 0 saturated carbocycles. The zero-order chi connectivity index (χ0) is 19.6. The average Bonchev–Trinajstić information content (AvgIpc) is 2.66. The number of aryl methyl sites for hydroxylation is 2. The van der Waals surface area contributed by atoms with Crippen molar-refractivity contribution in [3.63, 3.8) is 0 Å². The van der Waals surface area contributed by atoms with Crippen LogP contribution in [0.2, 0.25) is 0 Å². The van der Waals surface area contributed by atoms with Crippen LogP contribution in [-0.2, 0) is 22.6 Å². The quantitative estimate of drug-likeness (QED) is 0.441. The van der Waals surface area contributed by atoms with E-state index in [0.29, 0.717) is 29.1 Å². The van der Waals surface area contributed by atoms with Gasteiger partial charge in [0, 0.05) is 15.4 Å². The summed E-state index contributed by atoms with van der Waals surface area (Å²) >= 11 is 3.41. The molecule has 0 amide bonds. The molecule has 0 unspecified atom stereocenters. The third-order valence-corrected chi connectivity index (χ3v) is 5.04. The SMILES string of the molecule is COC(=O)Cc1c(C)c2ccc(OCc3ccc(Br)cc3)c(C)c2oc1=O. The van der Waals surface area contributed by atoms with E-state index in [0.717, 1.165) is 21.0 Å². The average molecular weight is 431 g/mol.